The second-order valence-corrected chi connectivity index (χ2v) is 7.08. The number of benzene rings is 1. The molecule has 1 aliphatic rings. The second kappa shape index (κ2) is 5.41. The summed E-state index contributed by atoms with van der Waals surface area (Å²) in [5.74, 6) is 0.110. The van der Waals surface area contributed by atoms with Crippen LogP contribution in [0.1, 0.15) is 25.7 Å². The summed E-state index contributed by atoms with van der Waals surface area (Å²) >= 11 is 5.89. The zero-order valence-electron chi connectivity index (χ0n) is 9.93. The lowest BCUT2D eigenvalue weighted by Gasteiger charge is -2.09. The Hall–Kier alpha value is -0.870. The van der Waals surface area contributed by atoms with Gasteiger partial charge in [-0.15, -0.1) is 0 Å². The molecular formula is C13H15ClO3S. The van der Waals surface area contributed by atoms with Gasteiger partial charge in [0.05, 0.1) is 15.7 Å². The average molecular weight is 287 g/mol. The second-order valence-electron chi connectivity index (χ2n) is 4.59. The minimum absolute atomic E-state index is 0.00681. The maximum atomic E-state index is 12.1. The molecule has 1 aromatic rings. The van der Waals surface area contributed by atoms with Crippen LogP contribution in [0.4, 0.5) is 0 Å². The first-order valence-corrected chi connectivity index (χ1v) is 8.04. The van der Waals surface area contributed by atoms with E-state index in [0.717, 1.165) is 12.8 Å². The fraction of sp³-hybridized carbons (Fsp3) is 0.462. The van der Waals surface area contributed by atoms with E-state index in [2.05, 4.69) is 0 Å². The van der Waals surface area contributed by atoms with Crippen LogP contribution in [0.2, 0.25) is 5.02 Å². The summed E-state index contributed by atoms with van der Waals surface area (Å²) in [5.41, 5.74) is 0. The summed E-state index contributed by atoms with van der Waals surface area (Å²) in [6, 6.07) is 6.42. The molecule has 0 radical (unpaired) electrons. The minimum atomic E-state index is -3.39. The predicted octanol–water partition coefficient (Wildman–Crippen LogP) is 2.87. The summed E-state index contributed by atoms with van der Waals surface area (Å²) in [6.07, 6.45) is 2.70. The van der Waals surface area contributed by atoms with E-state index in [1.54, 1.807) is 18.2 Å². The van der Waals surface area contributed by atoms with Gasteiger partial charge in [-0.05, 0) is 31.4 Å². The molecular weight excluding hydrogens is 272 g/mol. The van der Waals surface area contributed by atoms with E-state index in [4.69, 9.17) is 11.6 Å². The normalized spacial score (nSPS) is 20.3. The van der Waals surface area contributed by atoms with Gasteiger partial charge in [0.1, 0.15) is 5.78 Å². The van der Waals surface area contributed by atoms with E-state index in [1.165, 1.54) is 6.07 Å². The summed E-state index contributed by atoms with van der Waals surface area (Å²) in [6.45, 7) is 0. The fourth-order valence-corrected chi connectivity index (χ4v) is 4.25. The number of hydrogen-bond acceptors (Lipinski definition) is 3. The third-order valence-electron chi connectivity index (χ3n) is 3.34. The molecule has 2 rings (SSSR count). The van der Waals surface area contributed by atoms with Crippen LogP contribution in [0.15, 0.2) is 29.2 Å². The molecule has 5 heteroatoms. The van der Waals surface area contributed by atoms with Crippen molar-refractivity contribution in [3.05, 3.63) is 29.3 Å². The van der Waals surface area contributed by atoms with E-state index < -0.39 is 9.84 Å². The molecule has 0 bridgehead atoms. The van der Waals surface area contributed by atoms with Gasteiger partial charge in [-0.25, -0.2) is 8.42 Å². The van der Waals surface area contributed by atoms with Gasteiger partial charge in [0.15, 0.2) is 9.84 Å². The van der Waals surface area contributed by atoms with Gasteiger partial charge >= 0.3 is 0 Å². The topological polar surface area (TPSA) is 51.2 Å². The van der Waals surface area contributed by atoms with Crippen LogP contribution in [0.5, 0.6) is 0 Å². The highest BCUT2D eigenvalue weighted by molar-refractivity contribution is 7.91. The summed E-state index contributed by atoms with van der Waals surface area (Å²) in [5, 5.41) is 0.246. The molecule has 0 aromatic heterocycles. The first-order valence-electron chi connectivity index (χ1n) is 6.01. The monoisotopic (exact) mass is 286 g/mol. The molecule has 3 nitrogen and oxygen atoms in total. The Balaban J connectivity index is 2.08. The third-order valence-corrected chi connectivity index (χ3v) is 5.58. The van der Waals surface area contributed by atoms with Crippen LogP contribution in [-0.4, -0.2) is 20.0 Å². The Morgan fingerprint density at radius 1 is 1.28 bits per heavy atom. The molecule has 0 saturated heterocycles. The third kappa shape index (κ3) is 2.93. The number of rotatable bonds is 4. The number of carbonyl (C=O) groups is 1. The van der Waals surface area contributed by atoms with E-state index in [0.29, 0.717) is 12.8 Å². The molecule has 0 N–H and O–H groups in total. The van der Waals surface area contributed by atoms with Crippen molar-refractivity contribution in [1.82, 2.24) is 0 Å². The van der Waals surface area contributed by atoms with Gasteiger partial charge in [0.25, 0.3) is 0 Å². The summed E-state index contributed by atoms with van der Waals surface area (Å²) in [7, 11) is -3.39. The lowest BCUT2D eigenvalue weighted by Crippen LogP contribution is -2.14. The number of carbonyl (C=O) groups excluding carboxylic acids is 1. The smallest absolute Gasteiger partial charge is 0.179 e. The highest BCUT2D eigenvalue weighted by atomic mass is 35.5. The van der Waals surface area contributed by atoms with Crippen molar-refractivity contribution in [3.63, 3.8) is 0 Å². The van der Waals surface area contributed by atoms with Gasteiger partial charge in [0.2, 0.25) is 0 Å². The van der Waals surface area contributed by atoms with E-state index in [-0.39, 0.29) is 27.4 Å². The van der Waals surface area contributed by atoms with Crippen molar-refractivity contribution < 1.29 is 13.2 Å². The van der Waals surface area contributed by atoms with Crippen molar-refractivity contribution in [2.24, 2.45) is 5.92 Å². The van der Waals surface area contributed by atoms with Gasteiger partial charge in [0, 0.05) is 12.3 Å². The minimum Gasteiger partial charge on any atom is -0.299 e. The molecule has 1 saturated carbocycles. The summed E-state index contributed by atoms with van der Waals surface area (Å²) < 4.78 is 24.2. The molecule has 1 aliphatic carbocycles. The van der Waals surface area contributed by atoms with E-state index in [1.807, 2.05) is 0 Å². The molecule has 0 aliphatic heterocycles. The molecule has 0 amide bonds. The highest BCUT2D eigenvalue weighted by Crippen LogP contribution is 2.27. The van der Waals surface area contributed by atoms with E-state index >= 15 is 0 Å². The standard InChI is InChI=1S/C13H15ClO3S/c14-11-5-1-2-7-13(11)18(16,17)9-8-10-4-3-6-12(10)15/h1-2,5,7,10H,3-4,6,8-9H2. The molecule has 18 heavy (non-hydrogen) atoms. The Kier molecular flexibility index (Phi) is 4.07. The highest BCUT2D eigenvalue weighted by Gasteiger charge is 2.27. The Morgan fingerprint density at radius 3 is 2.61 bits per heavy atom. The van der Waals surface area contributed by atoms with Gasteiger partial charge in [-0.3, -0.25) is 4.79 Å². The van der Waals surface area contributed by atoms with Gasteiger partial charge in [-0.2, -0.15) is 0 Å². The number of ketones is 1. The molecule has 1 atom stereocenters. The molecule has 1 unspecified atom stereocenters. The van der Waals surface area contributed by atoms with Crippen molar-refractivity contribution >= 4 is 27.2 Å². The van der Waals surface area contributed by atoms with Crippen LogP contribution in [-0.2, 0) is 14.6 Å². The van der Waals surface area contributed by atoms with E-state index in [9.17, 15) is 13.2 Å². The molecule has 0 heterocycles. The van der Waals surface area contributed by atoms with Crippen LogP contribution in [0.3, 0.4) is 0 Å². The van der Waals surface area contributed by atoms with Gasteiger partial charge in [-0.1, -0.05) is 23.7 Å². The summed E-state index contributed by atoms with van der Waals surface area (Å²) in [4.78, 5) is 11.6. The molecule has 98 valence electrons. The van der Waals surface area contributed by atoms with Crippen molar-refractivity contribution in [3.8, 4) is 0 Å². The predicted molar refractivity (Wildman–Crippen MR) is 70.5 cm³/mol. The first-order chi connectivity index (χ1) is 8.50. The van der Waals surface area contributed by atoms with Crippen molar-refractivity contribution in [2.75, 3.05) is 5.75 Å². The van der Waals surface area contributed by atoms with Gasteiger partial charge < -0.3 is 0 Å². The SMILES string of the molecule is O=C1CCCC1CCS(=O)(=O)c1ccccc1Cl. The van der Waals surface area contributed by atoms with Crippen LogP contribution >= 0.6 is 11.6 Å². The Bertz CT molecular complexity index is 551. The zero-order valence-corrected chi connectivity index (χ0v) is 11.5. The van der Waals surface area contributed by atoms with Crippen molar-refractivity contribution in [1.29, 1.82) is 0 Å². The van der Waals surface area contributed by atoms with Crippen LogP contribution in [0.25, 0.3) is 0 Å². The van der Waals surface area contributed by atoms with Crippen LogP contribution in [0, 0.1) is 5.92 Å². The Morgan fingerprint density at radius 2 is 2.00 bits per heavy atom. The lowest BCUT2D eigenvalue weighted by atomic mass is 10.1. The maximum Gasteiger partial charge on any atom is 0.179 e. The number of sulfone groups is 1. The first kappa shape index (κ1) is 13.6. The fourth-order valence-electron chi connectivity index (χ4n) is 2.30. The largest absolute Gasteiger partial charge is 0.299 e. The molecule has 0 spiro atoms. The number of Topliss-reactive ketones (excluding diaryl/α,β-unsaturated/α-hetero) is 1. The quantitative estimate of drug-likeness (QED) is 0.855. The molecule has 1 fully saturated rings. The average Bonchev–Trinajstić information content (AvgIpc) is 2.73. The number of halogens is 1. The van der Waals surface area contributed by atoms with Crippen LogP contribution < -0.4 is 0 Å². The lowest BCUT2D eigenvalue weighted by molar-refractivity contribution is -0.120. The Labute approximate surface area is 112 Å². The zero-order chi connectivity index (χ0) is 13.2. The van der Waals surface area contributed by atoms with Crippen molar-refractivity contribution in [2.45, 2.75) is 30.6 Å². The molecule has 1 aromatic carbocycles. The maximum absolute atomic E-state index is 12.1. The number of hydrogen-bond donors (Lipinski definition) is 0.